The van der Waals surface area contributed by atoms with Crippen LogP contribution in [0, 0.1) is 12.3 Å². The Kier molecular flexibility index (Phi) is 19.5. The Morgan fingerprint density at radius 3 is 2.16 bits per heavy atom. The molecule has 2 aliphatic rings. The minimum atomic E-state index is -0.142. The van der Waals surface area contributed by atoms with Gasteiger partial charge in [0.25, 0.3) is 0 Å². The maximum atomic E-state index is 4.35. The van der Waals surface area contributed by atoms with Crippen molar-refractivity contribution < 1.29 is 0 Å². The first-order chi connectivity index (χ1) is 21.7. The Hall–Kier alpha value is -3.56. The van der Waals surface area contributed by atoms with Gasteiger partial charge < -0.3 is 5.32 Å². The number of hydrogen-bond donors (Lipinski definition) is 2. The number of nitrogens with one attached hydrogen (secondary N) is 2. The van der Waals surface area contributed by atoms with Crippen LogP contribution in [0.5, 0.6) is 0 Å². The van der Waals surface area contributed by atoms with E-state index in [0.29, 0.717) is 6.04 Å². The van der Waals surface area contributed by atoms with Gasteiger partial charge in [-0.15, -0.1) is 6.58 Å². The van der Waals surface area contributed by atoms with Gasteiger partial charge in [-0.05, 0) is 65.3 Å². The average molecular weight is 612 g/mol. The Labute approximate surface area is 278 Å². The molecule has 0 spiro atoms. The van der Waals surface area contributed by atoms with Crippen LogP contribution in [-0.2, 0) is 6.42 Å². The summed E-state index contributed by atoms with van der Waals surface area (Å²) >= 11 is 0. The molecule has 0 bridgehead atoms. The maximum absolute atomic E-state index is 4.35. The average Bonchev–Trinajstić information content (AvgIpc) is 3.11. The lowest BCUT2D eigenvalue weighted by Crippen LogP contribution is -2.37. The van der Waals surface area contributed by atoms with Crippen LogP contribution < -0.4 is 10.7 Å². The molecular formula is C42H65N3. The van der Waals surface area contributed by atoms with Gasteiger partial charge in [-0.25, -0.2) is 5.43 Å². The van der Waals surface area contributed by atoms with Gasteiger partial charge in [0, 0.05) is 34.6 Å². The molecule has 0 fully saturated rings. The first kappa shape index (κ1) is 41.4. The van der Waals surface area contributed by atoms with Gasteiger partial charge in [0.05, 0.1) is 6.04 Å². The number of rotatable bonds is 8. The number of nitrogens with zero attached hydrogens (tertiary/aromatic N) is 1. The summed E-state index contributed by atoms with van der Waals surface area (Å²) in [6.45, 7) is 39.5. The van der Waals surface area contributed by atoms with E-state index in [1.807, 2.05) is 66.5 Å². The van der Waals surface area contributed by atoms with Gasteiger partial charge in [-0.2, -0.15) is 0 Å². The molecule has 0 amide bonds. The summed E-state index contributed by atoms with van der Waals surface area (Å²) in [5.74, 6) is 0. The van der Waals surface area contributed by atoms with Crippen molar-refractivity contribution in [2.75, 3.05) is 5.32 Å². The predicted octanol–water partition coefficient (Wildman–Crippen LogP) is 12.7. The van der Waals surface area contributed by atoms with Crippen LogP contribution in [0.2, 0.25) is 0 Å². The van der Waals surface area contributed by atoms with E-state index < -0.39 is 0 Å². The number of allylic oxidation sites excluding steroid dienone is 3. The zero-order valence-electron chi connectivity index (χ0n) is 31.1. The summed E-state index contributed by atoms with van der Waals surface area (Å²) in [6.07, 6.45) is 17.1. The van der Waals surface area contributed by atoms with E-state index in [-0.39, 0.29) is 11.5 Å². The van der Waals surface area contributed by atoms with E-state index in [1.165, 1.54) is 39.1 Å². The van der Waals surface area contributed by atoms with Crippen LogP contribution in [-0.4, -0.2) is 11.1 Å². The predicted molar refractivity (Wildman–Crippen MR) is 207 cm³/mol. The van der Waals surface area contributed by atoms with Crippen molar-refractivity contribution in [1.29, 1.82) is 0 Å². The van der Waals surface area contributed by atoms with Crippen molar-refractivity contribution in [1.82, 2.24) is 10.4 Å². The lowest BCUT2D eigenvalue weighted by molar-refractivity contribution is 0.308. The topological polar surface area (TPSA) is 27.3 Å². The summed E-state index contributed by atoms with van der Waals surface area (Å²) in [7, 11) is 0. The number of fused-ring (bicyclic) bond motifs is 1. The maximum Gasteiger partial charge on any atom is 0.0707 e. The zero-order chi connectivity index (χ0) is 34.7. The molecule has 0 saturated heterocycles. The lowest BCUT2D eigenvalue weighted by atomic mass is 9.80. The van der Waals surface area contributed by atoms with Gasteiger partial charge in [0.2, 0.25) is 0 Å². The molecule has 0 aliphatic carbocycles. The quantitative estimate of drug-likeness (QED) is 0.291. The molecule has 0 radical (unpaired) electrons. The van der Waals surface area contributed by atoms with Crippen molar-refractivity contribution in [2.45, 2.75) is 115 Å². The van der Waals surface area contributed by atoms with Gasteiger partial charge in [0.15, 0.2) is 0 Å². The molecule has 3 nitrogen and oxygen atoms in total. The fourth-order valence-electron chi connectivity index (χ4n) is 4.86. The van der Waals surface area contributed by atoms with Crippen molar-refractivity contribution in [2.24, 2.45) is 5.41 Å². The van der Waals surface area contributed by atoms with E-state index in [0.717, 1.165) is 24.1 Å². The van der Waals surface area contributed by atoms with E-state index >= 15 is 0 Å². The third kappa shape index (κ3) is 10.8. The van der Waals surface area contributed by atoms with Gasteiger partial charge in [-0.1, -0.05) is 151 Å². The van der Waals surface area contributed by atoms with Gasteiger partial charge >= 0.3 is 0 Å². The highest BCUT2D eigenvalue weighted by Gasteiger charge is 2.23. The molecule has 0 saturated carbocycles. The van der Waals surface area contributed by atoms with E-state index in [1.54, 1.807) is 0 Å². The highest BCUT2D eigenvalue weighted by Crippen LogP contribution is 2.36. The Balaban J connectivity index is 0.00000224. The van der Waals surface area contributed by atoms with Crippen LogP contribution in [0.3, 0.4) is 0 Å². The molecule has 0 aromatic heterocycles. The molecule has 2 N–H and O–H groups in total. The fraction of sp³-hybridized carbons (Fsp3) is 0.429. The standard InChI is InChI=1S/C34H41N3.4C2H6/c1-9-26-22-28(25(6)34(7,8)11-3)15-14-27(26)20-21-37-24(5)13-19-32(36-37)30-17-12-23(4)33-31(30)18-16-29(10-2)35-33;4*1-2/h11-22,29,32,35-36H,3,5-6,9-10H2,1-2,4,7-8H3;4*1-2H3. The largest absolute Gasteiger partial charge is 0.378 e. The minimum absolute atomic E-state index is 0.0478. The number of anilines is 1. The molecule has 2 atom stereocenters. The van der Waals surface area contributed by atoms with E-state index in [2.05, 4.69) is 132 Å². The van der Waals surface area contributed by atoms with Crippen LogP contribution in [0.15, 0.2) is 86.3 Å². The van der Waals surface area contributed by atoms with Crippen molar-refractivity contribution in [3.8, 4) is 0 Å². The van der Waals surface area contributed by atoms with Gasteiger partial charge in [0.1, 0.15) is 0 Å². The van der Waals surface area contributed by atoms with Crippen LogP contribution in [0.1, 0.15) is 129 Å². The Morgan fingerprint density at radius 2 is 1.58 bits per heavy atom. The van der Waals surface area contributed by atoms with Crippen molar-refractivity contribution in [3.63, 3.8) is 0 Å². The highest BCUT2D eigenvalue weighted by atomic mass is 15.5. The first-order valence-corrected chi connectivity index (χ1v) is 17.3. The first-order valence-electron chi connectivity index (χ1n) is 17.3. The van der Waals surface area contributed by atoms with E-state index in [9.17, 15) is 0 Å². The van der Waals surface area contributed by atoms with Crippen molar-refractivity contribution >= 4 is 23.4 Å². The number of aryl methyl sites for hydroxylation is 2. The van der Waals surface area contributed by atoms with Crippen LogP contribution >= 0.6 is 0 Å². The smallest absolute Gasteiger partial charge is 0.0707 e. The van der Waals surface area contributed by atoms with E-state index in [4.69, 9.17) is 0 Å². The monoisotopic (exact) mass is 612 g/mol. The molecule has 2 aliphatic heterocycles. The molecular weight excluding hydrogens is 546 g/mol. The van der Waals surface area contributed by atoms with Crippen LogP contribution in [0.25, 0.3) is 17.7 Å². The minimum Gasteiger partial charge on any atom is -0.378 e. The molecule has 248 valence electrons. The normalized spacial score (nSPS) is 16.3. The third-order valence-electron chi connectivity index (χ3n) is 7.72. The Bertz CT molecular complexity index is 1310. The SMILES string of the molecule is C=CC(C)(C)C(=C)c1ccc(C=CN2NC(c3ccc(C)c4c3C=CC(CC)N4)C=CC2=C)c(CC)c1.CC.CC.CC.CC. The molecule has 2 aromatic rings. The summed E-state index contributed by atoms with van der Waals surface area (Å²) in [5, 5.41) is 5.73. The van der Waals surface area contributed by atoms with Crippen LogP contribution in [0.4, 0.5) is 5.69 Å². The fourth-order valence-corrected chi connectivity index (χ4v) is 4.86. The lowest BCUT2D eigenvalue weighted by Gasteiger charge is -2.33. The number of hydrogen-bond acceptors (Lipinski definition) is 3. The second kappa shape index (κ2) is 21.2. The molecule has 3 heteroatoms. The second-order valence-electron chi connectivity index (χ2n) is 10.6. The summed E-state index contributed by atoms with van der Waals surface area (Å²) in [4.78, 5) is 0. The van der Waals surface area contributed by atoms with Gasteiger partial charge in [-0.3, -0.25) is 5.01 Å². The summed E-state index contributed by atoms with van der Waals surface area (Å²) in [5.41, 5.74) is 14.2. The summed E-state index contributed by atoms with van der Waals surface area (Å²) < 4.78 is 0. The molecule has 2 aromatic carbocycles. The highest BCUT2D eigenvalue weighted by molar-refractivity contribution is 5.77. The Morgan fingerprint density at radius 1 is 0.933 bits per heavy atom. The number of benzene rings is 2. The molecule has 4 rings (SSSR count). The zero-order valence-corrected chi connectivity index (χ0v) is 31.1. The molecule has 2 heterocycles. The second-order valence-corrected chi connectivity index (χ2v) is 10.6. The molecule has 45 heavy (non-hydrogen) atoms. The third-order valence-corrected chi connectivity index (χ3v) is 7.72. The summed E-state index contributed by atoms with van der Waals surface area (Å²) in [6, 6.07) is 11.5. The van der Waals surface area contributed by atoms with Crippen molar-refractivity contribution in [3.05, 3.63) is 120 Å². The molecule has 2 unspecified atom stereocenters. The number of hydrazine groups is 1.